The zero-order chi connectivity index (χ0) is 41.5. The quantitative estimate of drug-likeness (QED) is 0.115. The molecule has 4 N–H and O–H groups in total. The van der Waals surface area contributed by atoms with E-state index in [-0.39, 0.29) is 30.7 Å². The van der Waals surface area contributed by atoms with Gasteiger partial charge in [0.05, 0.1) is 56.4 Å². The van der Waals surface area contributed by atoms with Crippen molar-refractivity contribution in [2.24, 2.45) is 10.9 Å². The summed E-state index contributed by atoms with van der Waals surface area (Å²) in [5.41, 5.74) is 7.55. The molecule has 3 amide bonds. The van der Waals surface area contributed by atoms with Crippen LogP contribution in [0.25, 0.3) is 28.1 Å². The number of hydrogen-bond donors (Lipinski definition) is 4. The summed E-state index contributed by atoms with van der Waals surface area (Å²) < 4.78 is 63.5. The number of methoxy groups -OCH3 is 1. The van der Waals surface area contributed by atoms with Crippen molar-refractivity contribution in [1.29, 1.82) is 0 Å². The monoisotopic (exact) mass is 806 g/mol. The molecule has 58 heavy (non-hydrogen) atoms. The molecule has 2 aliphatic heterocycles. The van der Waals surface area contributed by atoms with Gasteiger partial charge in [-0.05, 0) is 78.6 Å². The van der Waals surface area contributed by atoms with Crippen LogP contribution in [0.15, 0.2) is 53.8 Å². The minimum atomic E-state index is -3.14. The highest BCUT2D eigenvalue weighted by molar-refractivity contribution is 5.87. The van der Waals surface area contributed by atoms with Crippen LogP contribution >= 0.6 is 0 Å². The number of carbonyl (C=O) groups is 3. The predicted molar refractivity (Wildman–Crippen MR) is 211 cm³/mol. The third kappa shape index (κ3) is 8.07. The van der Waals surface area contributed by atoms with Gasteiger partial charge in [-0.25, -0.2) is 27.3 Å². The van der Waals surface area contributed by atoms with Crippen LogP contribution in [0.4, 0.5) is 22.4 Å². The number of aliphatic imine (C=N–C) groups is 1. The van der Waals surface area contributed by atoms with Crippen LogP contribution in [0.5, 0.6) is 0 Å². The molecule has 2 aliphatic carbocycles. The van der Waals surface area contributed by atoms with Gasteiger partial charge in [0.25, 0.3) is 11.8 Å². The lowest BCUT2D eigenvalue weighted by Gasteiger charge is -2.29. The molecule has 3 aromatic rings. The second kappa shape index (κ2) is 16.2. The van der Waals surface area contributed by atoms with Gasteiger partial charge in [0.2, 0.25) is 11.8 Å². The van der Waals surface area contributed by atoms with E-state index in [2.05, 4.69) is 48.4 Å². The smallest absolute Gasteiger partial charge is 0.407 e. The summed E-state index contributed by atoms with van der Waals surface area (Å²) in [5.74, 6) is -6.57. The van der Waals surface area contributed by atoms with E-state index in [0.29, 0.717) is 23.2 Å². The maximum absolute atomic E-state index is 15.0. The molecule has 3 fully saturated rings. The van der Waals surface area contributed by atoms with Gasteiger partial charge in [-0.1, -0.05) is 50.2 Å². The Morgan fingerprint density at radius 2 is 1.66 bits per heavy atom. The molecule has 12 nitrogen and oxygen atoms in total. The van der Waals surface area contributed by atoms with Gasteiger partial charge in [-0.3, -0.25) is 14.6 Å². The highest BCUT2D eigenvalue weighted by atomic mass is 19.3. The molecule has 1 saturated carbocycles. The van der Waals surface area contributed by atoms with Gasteiger partial charge in [0, 0.05) is 31.1 Å². The largest absolute Gasteiger partial charge is 0.453 e. The number of aromatic amines is 1. The number of fused-ring (bicyclic) bond motifs is 5. The third-order valence-electron chi connectivity index (χ3n) is 12.0. The lowest BCUT2D eigenvalue weighted by atomic mass is 9.82. The van der Waals surface area contributed by atoms with Crippen LogP contribution in [0.1, 0.15) is 86.3 Å². The van der Waals surface area contributed by atoms with Crippen molar-refractivity contribution >= 4 is 30.3 Å². The van der Waals surface area contributed by atoms with Crippen LogP contribution in [0, 0.1) is 5.92 Å². The van der Waals surface area contributed by atoms with Crippen LogP contribution in [0.2, 0.25) is 0 Å². The average molecular weight is 807 g/mol. The van der Waals surface area contributed by atoms with Gasteiger partial charge in [0.1, 0.15) is 11.9 Å². The molecule has 16 heteroatoms. The normalized spacial score (nSPS) is 23.6. The number of likely N-dealkylation sites (N-methyl/N-ethyl adjacent to an activating group) is 1. The summed E-state index contributed by atoms with van der Waals surface area (Å²) in [5, 5.41) is 8.48. The molecule has 7 rings (SSSR count). The lowest BCUT2D eigenvalue weighted by Crippen LogP contribution is -2.51. The number of alkyl carbamates (subject to hydrolysis) is 1. The van der Waals surface area contributed by atoms with Crippen LogP contribution in [-0.4, -0.2) is 109 Å². The maximum Gasteiger partial charge on any atom is 0.407 e. The SMILES string of the molecule is C=N/C=C(\NCC1CC(F)(F)CN1C(=O)CNC)c1ccc(-c2ccc(-c3cnc([C@@H]4CC(F)(F)CN4C(=O)C(NC(=O)OC)C(C)C)[nH]3)c3c2C2CCC3C2)cc1. The fourth-order valence-corrected chi connectivity index (χ4v) is 9.32. The summed E-state index contributed by atoms with van der Waals surface area (Å²) in [7, 11) is 2.78. The van der Waals surface area contributed by atoms with E-state index < -0.39 is 67.9 Å². The summed E-state index contributed by atoms with van der Waals surface area (Å²) in [4.78, 5) is 52.4. The van der Waals surface area contributed by atoms with Gasteiger partial charge in [-0.2, -0.15) is 0 Å². The van der Waals surface area contributed by atoms with E-state index in [1.165, 1.54) is 29.3 Å². The van der Waals surface area contributed by atoms with Crippen LogP contribution in [0.3, 0.4) is 0 Å². The zero-order valence-electron chi connectivity index (χ0n) is 33.1. The molecule has 5 atom stereocenters. The predicted octanol–water partition coefficient (Wildman–Crippen LogP) is 6.44. The van der Waals surface area contributed by atoms with E-state index >= 15 is 0 Å². The van der Waals surface area contributed by atoms with Crippen LogP contribution < -0.4 is 16.0 Å². The number of imidazole rings is 1. The van der Waals surface area contributed by atoms with Crippen molar-refractivity contribution in [1.82, 2.24) is 35.7 Å². The number of alkyl halides is 4. The number of nitrogens with zero attached hydrogens (tertiary/aromatic N) is 4. The number of rotatable bonds is 13. The van der Waals surface area contributed by atoms with Crippen LogP contribution in [-0.2, 0) is 14.3 Å². The van der Waals surface area contributed by atoms with E-state index in [9.17, 15) is 31.9 Å². The average Bonchev–Trinajstić information content (AvgIpc) is 4.03. The highest BCUT2D eigenvalue weighted by Crippen LogP contribution is 2.58. The minimum Gasteiger partial charge on any atom is -0.453 e. The number of amides is 3. The fourth-order valence-electron chi connectivity index (χ4n) is 9.32. The zero-order valence-corrected chi connectivity index (χ0v) is 33.1. The first-order valence-corrected chi connectivity index (χ1v) is 19.7. The van der Waals surface area contributed by atoms with Crippen molar-refractivity contribution in [3.63, 3.8) is 0 Å². The maximum atomic E-state index is 15.0. The Hall–Kier alpha value is -5.25. The Bertz CT molecular complexity index is 2090. The number of likely N-dealkylation sites (tertiary alicyclic amines) is 2. The molecule has 1 aromatic heterocycles. The molecule has 2 bridgehead atoms. The van der Waals surface area contributed by atoms with E-state index in [4.69, 9.17) is 0 Å². The van der Waals surface area contributed by atoms with Gasteiger partial charge in [-0.15, -0.1) is 0 Å². The first-order valence-electron chi connectivity index (χ1n) is 19.7. The summed E-state index contributed by atoms with van der Waals surface area (Å²) in [6, 6.07) is 9.24. The second-order valence-electron chi connectivity index (χ2n) is 16.2. The molecular formula is C42H50F4N8O4. The molecule has 2 saturated heterocycles. The topological polar surface area (TPSA) is 144 Å². The lowest BCUT2D eigenvalue weighted by molar-refractivity contribution is -0.136. The van der Waals surface area contributed by atoms with Gasteiger partial charge in [0.15, 0.2) is 0 Å². The highest BCUT2D eigenvalue weighted by Gasteiger charge is 2.51. The Morgan fingerprint density at radius 1 is 1.00 bits per heavy atom. The first-order chi connectivity index (χ1) is 27.6. The molecular weight excluding hydrogens is 757 g/mol. The van der Waals surface area contributed by atoms with Crippen molar-refractivity contribution in [3.8, 4) is 22.4 Å². The fraction of sp³-hybridized carbons (Fsp3) is 0.500. The number of H-pyrrole nitrogens is 1. The molecule has 4 aliphatic rings. The number of carbonyl (C=O) groups excluding carboxylic acids is 3. The molecule has 0 spiro atoms. The van der Waals surface area contributed by atoms with Crippen molar-refractivity contribution in [2.45, 2.75) is 87.8 Å². The van der Waals surface area contributed by atoms with Gasteiger partial charge >= 0.3 is 6.09 Å². The number of hydrogen-bond acceptors (Lipinski definition) is 8. The molecule has 0 radical (unpaired) electrons. The van der Waals surface area contributed by atoms with E-state index in [1.54, 1.807) is 27.1 Å². The minimum absolute atomic E-state index is 0.0269. The summed E-state index contributed by atoms with van der Waals surface area (Å²) in [6.45, 7) is 5.71. The molecule has 2 aromatic carbocycles. The summed E-state index contributed by atoms with van der Waals surface area (Å²) in [6.07, 6.45) is 4.43. The number of aromatic nitrogens is 2. The van der Waals surface area contributed by atoms with Crippen molar-refractivity contribution in [2.75, 3.05) is 40.3 Å². The van der Waals surface area contributed by atoms with Gasteiger partial charge < -0.3 is 35.5 Å². The number of halogens is 4. The number of benzene rings is 2. The van der Waals surface area contributed by atoms with Crippen molar-refractivity contribution in [3.05, 3.63) is 71.3 Å². The second-order valence-corrected chi connectivity index (χ2v) is 16.2. The van der Waals surface area contributed by atoms with E-state index in [1.807, 2.05) is 30.3 Å². The standard InChI is InChI=1S/C42H50F4N8O4/c1-23(2)37(52-40(57)58-5)39(56)54-22-42(45,46)16-33(54)38-50-19-32(51-38)30-13-12-29(35-26-10-11-27(14-26)36(30)35)24-6-8-25(9-7-24)31(18-47-3)49-17-28-15-41(43,44)21-53(28)34(55)20-48-4/h6-9,12-13,18-19,23,26-28,33,37,48-49H,3,10-11,14-17,20-22H2,1-2,4-5H3,(H,50,51)(H,52,57)/b31-18-/t26?,27?,28?,33-,37?/m0/s1. The first kappa shape index (κ1) is 40.9. The molecule has 310 valence electrons. The molecule has 3 heterocycles. The number of nitrogens with one attached hydrogen (secondary N) is 4. The number of ether oxygens (including phenoxy) is 1. The Balaban J connectivity index is 1.13. The Kier molecular flexibility index (Phi) is 11.4. The summed E-state index contributed by atoms with van der Waals surface area (Å²) >= 11 is 0. The van der Waals surface area contributed by atoms with Crippen molar-refractivity contribution < 1.29 is 36.7 Å². The Morgan fingerprint density at radius 3 is 2.31 bits per heavy atom. The molecule has 4 unspecified atom stereocenters. The Labute approximate surface area is 334 Å². The third-order valence-corrected chi connectivity index (χ3v) is 12.0. The van der Waals surface area contributed by atoms with E-state index in [0.717, 1.165) is 46.4 Å².